The Morgan fingerprint density at radius 2 is 2.00 bits per heavy atom. The predicted molar refractivity (Wildman–Crippen MR) is 80.1 cm³/mol. The van der Waals surface area contributed by atoms with Crippen molar-refractivity contribution in [2.24, 2.45) is 5.92 Å². The Balaban J connectivity index is 2.56. The quantitative estimate of drug-likeness (QED) is 0.744. The molecule has 18 heavy (non-hydrogen) atoms. The number of rotatable bonds is 7. The van der Waals surface area contributed by atoms with Crippen LogP contribution in [-0.2, 0) is 6.54 Å². The first-order chi connectivity index (χ1) is 8.52. The monoisotopic (exact) mass is 267 g/mol. The SMILES string of the molecule is Cc1cc(CNC(C)C)ccc1SCC(C)CO. The number of hydrogen-bond acceptors (Lipinski definition) is 3. The van der Waals surface area contributed by atoms with Crippen molar-refractivity contribution in [3.8, 4) is 0 Å². The molecule has 0 aromatic heterocycles. The molecular formula is C15H25NOS. The maximum Gasteiger partial charge on any atom is 0.0464 e. The van der Waals surface area contributed by atoms with Crippen molar-refractivity contribution in [1.29, 1.82) is 0 Å². The van der Waals surface area contributed by atoms with Gasteiger partial charge in [0.1, 0.15) is 0 Å². The van der Waals surface area contributed by atoms with Gasteiger partial charge in [-0.2, -0.15) is 0 Å². The van der Waals surface area contributed by atoms with Crippen molar-refractivity contribution in [3.05, 3.63) is 29.3 Å². The Morgan fingerprint density at radius 1 is 1.28 bits per heavy atom. The molecule has 1 atom stereocenters. The van der Waals surface area contributed by atoms with E-state index in [-0.39, 0.29) is 6.61 Å². The van der Waals surface area contributed by atoms with E-state index in [1.807, 2.05) is 11.8 Å². The van der Waals surface area contributed by atoms with E-state index < -0.39 is 0 Å². The number of thioether (sulfide) groups is 1. The average molecular weight is 267 g/mol. The van der Waals surface area contributed by atoms with E-state index in [1.165, 1.54) is 16.0 Å². The maximum atomic E-state index is 9.03. The van der Waals surface area contributed by atoms with Gasteiger partial charge in [0.25, 0.3) is 0 Å². The lowest BCUT2D eigenvalue weighted by Gasteiger charge is -2.12. The average Bonchev–Trinajstić information content (AvgIpc) is 2.34. The summed E-state index contributed by atoms with van der Waals surface area (Å²) >= 11 is 1.83. The van der Waals surface area contributed by atoms with Crippen LogP contribution in [-0.4, -0.2) is 23.5 Å². The summed E-state index contributed by atoms with van der Waals surface area (Å²) in [5, 5.41) is 12.5. The molecule has 1 aromatic carbocycles. The van der Waals surface area contributed by atoms with Crippen LogP contribution in [0.4, 0.5) is 0 Å². The molecule has 0 amide bonds. The summed E-state index contributed by atoms with van der Waals surface area (Å²) in [5.74, 6) is 1.33. The van der Waals surface area contributed by atoms with Crippen LogP contribution in [0.3, 0.4) is 0 Å². The van der Waals surface area contributed by atoms with Crippen LogP contribution < -0.4 is 5.32 Å². The Bertz CT molecular complexity index is 366. The zero-order chi connectivity index (χ0) is 13.5. The van der Waals surface area contributed by atoms with Crippen LogP contribution in [0.1, 0.15) is 31.9 Å². The second kappa shape index (κ2) is 7.82. The maximum absolute atomic E-state index is 9.03. The third-order valence-corrected chi connectivity index (χ3v) is 4.29. The first kappa shape index (κ1) is 15.5. The van der Waals surface area contributed by atoms with Crippen molar-refractivity contribution >= 4 is 11.8 Å². The van der Waals surface area contributed by atoms with Gasteiger partial charge in [0.05, 0.1) is 0 Å². The molecule has 1 aromatic rings. The van der Waals surface area contributed by atoms with E-state index in [4.69, 9.17) is 5.11 Å². The number of nitrogens with one attached hydrogen (secondary N) is 1. The highest BCUT2D eigenvalue weighted by molar-refractivity contribution is 7.99. The molecule has 0 heterocycles. The molecule has 1 rings (SSSR count). The predicted octanol–water partition coefficient (Wildman–Crippen LogP) is 3.21. The highest BCUT2D eigenvalue weighted by atomic mass is 32.2. The first-order valence-electron chi connectivity index (χ1n) is 6.59. The van der Waals surface area contributed by atoms with Gasteiger partial charge >= 0.3 is 0 Å². The van der Waals surface area contributed by atoms with E-state index in [0.29, 0.717) is 12.0 Å². The first-order valence-corrected chi connectivity index (χ1v) is 7.58. The number of aliphatic hydroxyl groups is 1. The molecule has 0 aliphatic carbocycles. The minimum absolute atomic E-state index is 0.266. The van der Waals surface area contributed by atoms with Crippen LogP contribution in [0.15, 0.2) is 23.1 Å². The normalized spacial score (nSPS) is 13.0. The summed E-state index contributed by atoms with van der Waals surface area (Å²) in [5.41, 5.74) is 2.66. The summed E-state index contributed by atoms with van der Waals surface area (Å²) < 4.78 is 0. The minimum atomic E-state index is 0.266. The van der Waals surface area contributed by atoms with Gasteiger partial charge in [-0.1, -0.05) is 32.9 Å². The molecule has 102 valence electrons. The second-order valence-electron chi connectivity index (χ2n) is 5.23. The van der Waals surface area contributed by atoms with Crippen LogP contribution in [0.5, 0.6) is 0 Å². The summed E-state index contributed by atoms with van der Waals surface area (Å²) in [6.45, 7) is 9.74. The van der Waals surface area contributed by atoms with E-state index in [2.05, 4.69) is 51.2 Å². The van der Waals surface area contributed by atoms with Crippen LogP contribution in [0.25, 0.3) is 0 Å². The van der Waals surface area contributed by atoms with Gasteiger partial charge in [0.2, 0.25) is 0 Å². The van der Waals surface area contributed by atoms with E-state index in [0.717, 1.165) is 12.3 Å². The highest BCUT2D eigenvalue weighted by Crippen LogP contribution is 2.25. The van der Waals surface area contributed by atoms with E-state index >= 15 is 0 Å². The zero-order valence-corrected chi connectivity index (χ0v) is 12.7. The van der Waals surface area contributed by atoms with Gasteiger partial charge in [-0.3, -0.25) is 0 Å². The van der Waals surface area contributed by atoms with Gasteiger partial charge in [-0.05, 0) is 30.0 Å². The number of aryl methyl sites for hydroxylation is 1. The molecular weight excluding hydrogens is 242 g/mol. The van der Waals surface area contributed by atoms with Crippen LogP contribution in [0.2, 0.25) is 0 Å². The molecule has 0 aliphatic heterocycles. The zero-order valence-electron chi connectivity index (χ0n) is 11.9. The second-order valence-corrected chi connectivity index (χ2v) is 6.30. The summed E-state index contributed by atoms with van der Waals surface area (Å²) in [6.07, 6.45) is 0. The van der Waals surface area contributed by atoms with Crippen molar-refractivity contribution in [2.45, 2.75) is 45.2 Å². The van der Waals surface area contributed by atoms with Crippen LogP contribution in [0, 0.1) is 12.8 Å². The number of benzene rings is 1. The van der Waals surface area contributed by atoms with Gasteiger partial charge in [0.15, 0.2) is 0 Å². The van der Waals surface area contributed by atoms with E-state index in [9.17, 15) is 0 Å². The molecule has 3 heteroatoms. The molecule has 0 saturated carbocycles. The summed E-state index contributed by atoms with van der Waals surface area (Å²) in [6, 6.07) is 7.15. The molecule has 0 saturated heterocycles. The fourth-order valence-electron chi connectivity index (χ4n) is 1.59. The lowest BCUT2D eigenvalue weighted by molar-refractivity contribution is 0.250. The summed E-state index contributed by atoms with van der Waals surface area (Å²) in [4.78, 5) is 1.32. The smallest absolute Gasteiger partial charge is 0.0464 e. The Morgan fingerprint density at radius 3 is 2.56 bits per heavy atom. The minimum Gasteiger partial charge on any atom is -0.396 e. The molecule has 0 radical (unpaired) electrons. The molecule has 2 nitrogen and oxygen atoms in total. The number of aliphatic hydroxyl groups excluding tert-OH is 1. The van der Waals surface area contributed by atoms with Crippen molar-refractivity contribution < 1.29 is 5.11 Å². The molecule has 0 spiro atoms. The van der Waals surface area contributed by atoms with Gasteiger partial charge in [0, 0.05) is 29.8 Å². The van der Waals surface area contributed by atoms with Gasteiger partial charge in [-0.25, -0.2) is 0 Å². The lowest BCUT2D eigenvalue weighted by atomic mass is 10.1. The Labute approximate surface area is 115 Å². The third-order valence-electron chi connectivity index (χ3n) is 2.79. The molecule has 0 fully saturated rings. The van der Waals surface area contributed by atoms with Gasteiger partial charge in [-0.15, -0.1) is 11.8 Å². The third kappa shape index (κ3) is 5.42. The molecule has 0 bridgehead atoms. The standard InChI is InChI=1S/C15H25NOS/c1-11(2)16-8-14-5-6-15(13(4)7-14)18-10-12(3)9-17/h5-7,11-12,16-17H,8-10H2,1-4H3. The van der Waals surface area contributed by atoms with Crippen molar-refractivity contribution in [3.63, 3.8) is 0 Å². The van der Waals surface area contributed by atoms with Crippen molar-refractivity contribution in [2.75, 3.05) is 12.4 Å². The molecule has 1 unspecified atom stereocenters. The lowest BCUT2D eigenvalue weighted by Crippen LogP contribution is -2.21. The van der Waals surface area contributed by atoms with Crippen molar-refractivity contribution in [1.82, 2.24) is 5.32 Å². The fraction of sp³-hybridized carbons (Fsp3) is 0.600. The Kier molecular flexibility index (Phi) is 6.76. The molecule has 0 aliphatic rings. The van der Waals surface area contributed by atoms with Gasteiger partial charge < -0.3 is 10.4 Å². The number of hydrogen-bond donors (Lipinski definition) is 2. The van der Waals surface area contributed by atoms with Crippen LogP contribution >= 0.6 is 11.8 Å². The highest BCUT2D eigenvalue weighted by Gasteiger charge is 2.05. The topological polar surface area (TPSA) is 32.3 Å². The fourth-order valence-corrected chi connectivity index (χ4v) is 2.61. The largest absolute Gasteiger partial charge is 0.396 e. The van der Waals surface area contributed by atoms with E-state index in [1.54, 1.807) is 0 Å². The summed E-state index contributed by atoms with van der Waals surface area (Å²) in [7, 11) is 0. The molecule has 2 N–H and O–H groups in total. The Hall–Kier alpha value is -0.510.